The Balaban J connectivity index is 1.37. The van der Waals surface area contributed by atoms with E-state index in [-0.39, 0.29) is 5.91 Å². The molecule has 0 aliphatic carbocycles. The first-order valence-corrected chi connectivity index (χ1v) is 9.13. The third-order valence-electron chi connectivity index (χ3n) is 5.47. The Hall–Kier alpha value is -1.89. The predicted molar refractivity (Wildman–Crippen MR) is 97.4 cm³/mol. The molecule has 1 aromatic heterocycles. The largest absolute Gasteiger partial charge is 0.379 e. The fourth-order valence-electron chi connectivity index (χ4n) is 4.04. The summed E-state index contributed by atoms with van der Waals surface area (Å²) in [5.41, 5.74) is 8.46. The summed E-state index contributed by atoms with van der Waals surface area (Å²) in [6.45, 7) is 5.13. The van der Waals surface area contributed by atoms with Crippen LogP contribution in [-0.4, -0.2) is 72.2 Å². The lowest BCUT2D eigenvalue weighted by Crippen LogP contribution is -2.47. The molecule has 1 aromatic carbocycles. The van der Waals surface area contributed by atoms with Crippen LogP contribution >= 0.6 is 0 Å². The monoisotopic (exact) mass is 342 g/mol. The summed E-state index contributed by atoms with van der Waals surface area (Å²) in [6.07, 6.45) is 3.57. The van der Waals surface area contributed by atoms with Crippen LogP contribution in [0.15, 0.2) is 30.5 Å². The van der Waals surface area contributed by atoms with E-state index >= 15 is 0 Å². The SMILES string of the molecule is N[C@@H](Cc1c[nH]c2ccccc12)C(=O)N1CCC(N2CCOCC2)C1. The highest BCUT2D eigenvalue weighted by molar-refractivity contribution is 5.86. The highest BCUT2D eigenvalue weighted by Gasteiger charge is 2.33. The van der Waals surface area contributed by atoms with E-state index < -0.39 is 6.04 Å². The predicted octanol–water partition coefficient (Wildman–Crippen LogP) is 0.971. The molecule has 6 heteroatoms. The first kappa shape index (κ1) is 16.6. The van der Waals surface area contributed by atoms with E-state index in [0.29, 0.717) is 12.5 Å². The maximum Gasteiger partial charge on any atom is 0.239 e. The number of ether oxygens (including phenoxy) is 1. The summed E-state index contributed by atoms with van der Waals surface area (Å²) < 4.78 is 5.42. The van der Waals surface area contributed by atoms with Crippen LogP contribution in [0.1, 0.15) is 12.0 Å². The quantitative estimate of drug-likeness (QED) is 0.868. The Morgan fingerprint density at radius 3 is 2.92 bits per heavy atom. The molecule has 1 amide bonds. The minimum absolute atomic E-state index is 0.0704. The van der Waals surface area contributed by atoms with Gasteiger partial charge in [-0.3, -0.25) is 9.69 Å². The highest BCUT2D eigenvalue weighted by Crippen LogP contribution is 2.21. The first-order valence-electron chi connectivity index (χ1n) is 9.13. The summed E-state index contributed by atoms with van der Waals surface area (Å²) in [5.74, 6) is 0.0704. The van der Waals surface area contributed by atoms with E-state index in [1.54, 1.807) is 0 Å². The Morgan fingerprint density at radius 2 is 2.08 bits per heavy atom. The highest BCUT2D eigenvalue weighted by atomic mass is 16.5. The molecule has 0 radical (unpaired) electrons. The molecule has 6 nitrogen and oxygen atoms in total. The molecule has 0 spiro atoms. The van der Waals surface area contributed by atoms with Crippen molar-refractivity contribution in [2.45, 2.75) is 24.9 Å². The number of carbonyl (C=O) groups excluding carboxylic acids is 1. The van der Waals surface area contributed by atoms with Crippen LogP contribution < -0.4 is 5.73 Å². The van der Waals surface area contributed by atoms with Gasteiger partial charge in [0.1, 0.15) is 0 Å². The topological polar surface area (TPSA) is 74.6 Å². The van der Waals surface area contributed by atoms with Crippen molar-refractivity contribution < 1.29 is 9.53 Å². The Kier molecular flexibility index (Phi) is 4.74. The van der Waals surface area contributed by atoms with Crippen molar-refractivity contribution in [1.29, 1.82) is 0 Å². The second-order valence-electron chi connectivity index (χ2n) is 7.05. The molecule has 3 N–H and O–H groups in total. The van der Waals surface area contributed by atoms with Gasteiger partial charge in [0.05, 0.1) is 19.3 Å². The van der Waals surface area contributed by atoms with Gasteiger partial charge in [-0.05, 0) is 24.5 Å². The van der Waals surface area contributed by atoms with Crippen molar-refractivity contribution >= 4 is 16.8 Å². The zero-order valence-electron chi connectivity index (χ0n) is 14.5. The Bertz CT molecular complexity index is 738. The molecular formula is C19H26N4O2. The Morgan fingerprint density at radius 1 is 1.28 bits per heavy atom. The number of likely N-dealkylation sites (tertiary alicyclic amines) is 1. The van der Waals surface area contributed by atoms with Gasteiger partial charge in [-0.2, -0.15) is 0 Å². The van der Waals surface area contributed by atoms with Gasteiger partial charge < -0.3 is 20.4 Å². The van der Waals surface area contributed by atoms with Crippen molar-refractivity contribution in [2.75, 3.05) is 39.4 Å². The molecule has 25 heavy (non-hydrogen) atoms. The number of nitrogens with one attached hydrogen (secondary N) is 1. The minimum Gasteiger partial charge on any atom is -0.379 e. The lowest BCUT2D eigenvalue weighted by molar-refractivity contribution is -0.131. The molecule has 4 rings (SSSR count). The molecule has 2 fully saturated rings. The molecule has 2 aliphatic rings. The number of amides is 1. The number of para-hydroxylation sites is 1. The van der Waals surface area contributed by atoms with Crippen LogP contribution in [0.3, 0.4) is 0 Å². The molecule has 0 bridgehead atoms. The number of aromatic nitrogens is 1. The molecule has 1 unspecified atom stereocenters. The standard InChI is InChI=1S/C19H26N4O2/c20-17(11-14-12-21-18-4-2-1-3-16(14)18)19(24)23-6-5-15(13-23)22-7-9-25-10-8-22/h1-4,12,15,17,21H,5-11,13,20H2/t15?,17-/m0/s1. The lowest BCUT2D eigenvalue weighted by Gasteiger charge is -2.32. The van der Waals surface area contributed by atoms with Crippen molar-refractivity contribution in [3.63, 3.8) is 0 Å². The summed E-state index contributed by atoms with van der Waals surface area (Å²) >= 11 is 0. The van der Waals surface area contributed by atoms with Gasteiger partial charge in [-0.15, -0.1) is 0 Å². The van der Waals surface area contributed by atoms with Crippen LogP contribution in [-0.2, 0) is 16.0 Å². The van der Waals surface area contributed by atoms with Crippen LogP contribution in [0.5, 0.6) is 0 Å². The number of rotatable bonds is 4. The summed E-state index contributed by atoms with van der Waals surface area (Å²) in [6, 6.07) is 8.10. The molecule has 2 atom stereocenters. The van der Waals surface area contributed by atoms with Crippen molar-refractivity contribution in [2.24, 2.45) is 5.73 Å². The van der Waals surface area contributed by atoms with Gasteiger partial charge in [-0.1, -0.05) is 18.2 Å². The van der Waals surface area contributed by atoms with Crippen LogP contribution in [0, 0.1) is 0 Å². The van der Waals surface area contributed by atoms with Gasteiger partial charge in [0.2, 0.25) is 5.91 Å². The van der Waals surface area contributed by atoms with Crippen LogP contribution in [0.4, 0.5) is 0 Å². The third kappa shape index (κ3) is 3.42. The second-order valence-corrected chi connectivity index (χ2v) is 7.05. The van der Waals surface area contributed by atoms with Crippen LogP contribution in [0.25, 0.3) is 10.9 Å². The summed E-state index contributed by atoms with van der Waals surface area (Å²) in [7, 11) is 0. The third-order valence-corrected chi connectivity index (χ3v) is 5.47. The number of hydrogen-bond acceptors (Lipinski definition) is 4. The molecular weight excluding hydrogens is 316 g/mol. The molecule has 3 heterocycles. The summed E-state index contributed by atoms with van der Waals surface area (Å²) in [5, 5.41) is 1.15. The van der Waals surface area contributed by atoms with Gasteiger partial charge in [0, 0.05) is 49.3 Å². The molecule has 2 saturated heterocycles. The number of benzene rings is 1. The smallest absolute Gasteiger partial charge is 0.239 e. The number of hydrogen-bond donors (Lipinski definition) is 2. The van der Waals surface area contributed by atoms with Crippen molar-refractivity contribution in [3.05, 3.63) is 36.0 Å². The molecule has 134 valence electrons. The van der Waals surface area contributed by atoms with E-state index in [0.717, 1.165) is 62.3 Å². The number of nitrogens with two attached hydrogens (primary N) is 1. The lowest BCUT2D eigenvalue weighted by atomic mass is 10.0. The van der Waals surface area contributed by atoms with Gasteiger partial charge >= 0.3 is 0 Å². The number of morpholine rings is 1. The van der Waals surface area contributed by atoms with Gasteiger partial charge in [-0.25, -0.2) is 0 Å². The summed E-state index contributed by atoms with van der Waals surface area (Å²) in [4.78, 5) is 20.4. The number of carbonyl (C=O) groups is 1. The van der Waals surface area contributed by atoms with Crippen LogP contribution in [0.2, 0.25) is 0 Å². The zero-order chi connectivity index (χ0) is 17.2. The molecule has 2 aromatic rings. The fraction of sp³-hybridized carbons (Fsp3) is 0.526. The second kappa shape index (κ2) is 7.15. The van der Waals surface area contributed by atoms with Gasteiger partial charge in [0.15, 0.2) is 0 Å². The number of aromatic amines is 1. The number of nitrogens with zero attached hydrogens (tertiary/aromatic N) is 2. The first-order chi connectivity index (χ1) is 12.2. The average Bonchev–Trinajstić information content (AvgIpc) is 3.30. The molecule has 2 aliphatic heterocycles. The maximum absolute atomic E-state index is 12.8. The van der Waals surface area contributed by atoms with E-state index in [1.807, 2.05) is 29.3 Å². The maximum atomic E-state index is 12.8. The van der Waals surface area contributed by atoms with E-state index in [1.165, 1.54) is 0 Å². The van der Waals surface area contributed by atoms with Gasteiger partial charge in [0.25, 0.3) is 0 Å². The van der Waals surface area contributed by atoms with Crippen molar-refractivity contribution in [3.8, 4) is 0 Å². The number of H-pyrrole nitrogens is 1. The normalized spacial score (nSPS) is 23.2. The molecule has 0 saturated carbocycles. The zero-order valence-corrected chi connectivity index (χ0v) is 14.5. The van der Waals surface area contributed by atoms with Crippen molar-refractivity contribution in [1.82, 2.24) is 14.8 Å². The minimum atomic E-state index is -0.484. The number of fused-ring (bicyclic) bond motifs is 1. The van der Waals surface area contributed by atoms with E-state index in [4.69, 9.17) is 10.5 Å². The fourth-order valence-corrected chi connectivity index (χ4v) is 4.04. The van der Waals surface area contributed by atoms with E-state index in [9.17, 15) is 4.79 Å². The Labute approximate surface area is 147 Å². The van der Waals surface area contributed by atoms with E-state index in [2.05, 4.69) is 16.0 Å². The average molecular weight is 342 g/mol.